The molecule has 0 bridgehead atoms. The number of nitrogens with zero attached hydrogens (tertiary/aromatic N) is 2. The molecular weight excluding hydrogens is 716 g/mol. The van der Waals surface area contributed by atoms with E-state index in [-0.39, 0.29) is 5.41 Å². The van der Waals surface area contributed by atoms with Crippen molar-refractivity contribution >= 4 is 44.9 Å². The second-order valence-corrected chi connectivity index (χ2v) is 18.0. The molecule has 10 rings (SSSR count). The molecule has 0 fully saturated rings. The van der Waals surface area contributed by atoms with Gasteiger partial charge in [-0.2, -0.15) is 5.26 Å². The summed E-state index contributed by atoms with van der Waals surface area (Å²) in [5, 5.41) is 14.4. The number of ether oxygens (including phenoxy) is 1. The van der Waals surface area contributed by atoms with Crippen LogP contribution in [0.4, 0.5) is 0 Å². The molecule has 1 aliphatic heterocycles. The van der Waals surface area contributed by atoms with Gasteiger partial charge in [0.2, 0.25) is 0 Å². The first-order valence-corrected chi connectivity index (χ1v) is 20.9. The number of hydrogen-bond acceptors (Lipinski definition) is 3. The van der Waals surface area contributed by atoms with E-state index in [9.17, 15) is 5.26 Å². The van der Waals surface area contributed by atoms with Gasteiger partial charge in [0.25, 0.3) is 0 Å². The molecule has 0 radical (unpaired) electrons. The minimum Gasteiger partial charge on any atom is -0.457 e. The number of nitriles is 1. The number of para-hydroxylation sites is 1. The predicted molar refractivity (Wildman–Crippen MR) is 234 cm³/mol. The summed E-state index contributed by atoms with van der Waals surface area (Å²) in [5.74, 6) is 1.68. The zero-order valence-electron chi connectivity index (χ0n) is 31.6. The van der Waals surface area contributed by atoms with Gasteiger partial charge in [-0.05, 0) is 95.1 Å². The molecule has 0 spiro atoms. The van der Waals surface area contributed by atoms with Crippen LogP contribution in [0.2, 0.25) is 0 Å². The van der Waals surface area contributed by atoms with Crippen LogP contribution in [0.15, 0.2) is 188 Å². The van der Waals surface area contributed by atoms with Crippen molar-refractivity contribution < 1.29 is 9.30 Å². The van der Waals surface area contributed by atoms with Crippen molar-refractivity contribution in [2.45, 2.75) is 19.3 Å². The first-order chi connectivity index (χ1) is 27.8. The highest BCUT2D eigenvalue weighted by atomic mass is 31.2. The smallest absolute Gasteiger partial charge is 0.171 e. The summed E-state index contributed by atoms with van der Waals surface area (Å²) in [6.07, 6.45) is 0. The lowest BCUT2D eigenvalue weighted by molar-refractivity contribution is 0.418. The molecule has 1 aromatic heterocycles. The highest BCUT2D eigenvalue weighted by Crippen LogP contribution is 2.50. The Morgan fingerprint density at radius 1 is 0.509 bits per heavy atom. The van der Waals surface area contributed by atoms with Gasteiger partial charge < -0.3 is 13.9 Å². The van der Waals surface area contributed by atoms with Crippen LogP contribution >= 0.6 is 7.14 Å². The van der Waals surface area contributed by atoms with Crippen LogP contribution in [-0.4, -0.2) is 4.57 Å². The maximum Gasteiger partial charge on any atom is 0.171 e. The molecule has 9 aromatic rings. The van der Waals surface area contributed by atoms with E-state index < -0.39 is 7.14 Å². The van der Waals surface area contributed by atoms with E-state index in [1.807, 2.05) is 97.1 Å². The summed E-state index contributed by atoms with van der Waals surface area (Å²) in [5.41, 5.74) is 9.90. The Labute approximate surface area is 332 Å². The van der Waals surface area contributed by atoms with Crippen LogP contribution < -0.4 is 20.7 Å². The van der Waals surface area contributed by atoms with Gasteiger partial charge in [-0.1, -0.05) is 129 Å². The average Bonchev–Trinajstić information content (AvgIpc) is 3.60. The fourth-order valence-corrected chi connectivity index (χ4v) is 11.3. The largest absolute Gasteiger partial charge is 0.457 e. The first kappa shape index (κ1) is 34.6. The van der Waals surface area contributed by atoms with Crippen molar-refractivity contribution in [3.63, 3.8) is 0 Å². The van der Waals surface area contributed by atoms with Crippen molar-refractivity contribution in [3.8, 4) is 45.5 Å². The third-order valence-corrected chi connectivity index (χ3v) is 14.6. The molecule has 272 valence electrons. The second kappa shape index (κ2) is 13.4. The van der Waals surface area contributed by atoms with E-state index in [4.69, 9.17) is 4.74 Å². The fourth-order valence-electron chi connectivity index (χ4n) is 8.57. The van der Waals surface area contributed by atoms with Crippen LogP contribution in [0.5, 0.6) is 11.5 Å². The average molecular weight is 753 g/mol. The molecule has 0 unspecified atom stereocenters. The predicted octanol–water partition coefficient (Wildman–Crippen LogP) is 12.1. The van der Waals surface area contributed by atoms with E-state index in [1.54, 1.807) is 0 Å². The monoisotopic (exact) mass is 752 g/mol. The lowest BCUT2D eigenvalue weighted by atomic mass is 9.74. The quantitative estimate of drug-likeness (QED) is 0.159. The summed E-state index contributed by atoms with van der Waals surface area (Å²) in [4.78, 5) is 0. The van der Waals surface area contributed by atoms with Gasteiger partial charge in [0, 0.05) is 48.9 Å². The Morgan fingerprint density at radius 2 is 1.00 bits per heavy atom. The molecule has 0 amide bonds. The minimum atomic E-state index is -3.14. The van der Waals surface area contributed by atoms with Crippen molar-refractivity contribution in [3.05, 3.63) is 205 Å². The normalized spacial score (nSPS) is 13.1. The molecule has 0 saturated heterocycles. The number of rotatable bonds is 6. The maximum atomic E-state index is 15.2. The van der Waals surface area contributed by atoms with E-state index in [1.165, 1.54) is 0 Å². The van der Waals surface area contributed by atoms with E-state index in [0.29, 0.717) is 5.56 Å². The lowest BCUT2D eigenvalue weighted by Gasteiger charge is -2.35. The van der Waals surface area contributed by atoms with E-state index in [2.05, 4.69) is 115 Å². The Kier molecular flexibility index (Phi) is 8.11. The summed E-state index contributed by atoms with van der Waals surface area (Å²) in [7, 11) is -3.14. The van der Waals surface area contributed by atoms with Gasteiger partial charge in [-0.25, -0.2) is 0 Å². The first-order valence-electron chi connectivity index (χ1n) is 19.2. The van der Waals surface area contributed by atoms with E-state index in [0.717, 1.165) is 88.3 Å². The molecule has 2 heterocycles. The summed E-state index contributed by atoms with van der Waals surface area (Å²) in [6.45, 7) is 4.52. The van der Waals surface area contributed by atoms with Crippen molar-refractivity contribution in [2.24, 2.45) is 0 Å². The second-order valence-electron chi connectivity index (χ2n) is 15.2. The summed E-state index contributed by atoms with van der Waals surface area (Å²) >= 11 is 0. The molecule has 0 atom stereocenters. The SMILES string of the molecule is CC1(C)c2cc(-c3cccc(P(=O)(c4ccccc4)c4ccccc4)c3)ccc2Oc2ccc(-c3ccc4c(c3)c3cc(C#N)ccc3n4-c3ccccc3)cc21. The molecule has 0 N–H and O–H groups in total. The Hall–Kier alpha value is -6.92. The van der Waals surface area contributed by atoms with Crippen LogP contribution in [-0.2, 0) is 9.98 Å². The number of fused-ring (bicyclic) bond motifs is 5. The molecule has 5 heteroatoms. The highest BCUT2D eigenvalue weighted by Gasteiger charge is 2.35. The fraction of sp³-hybridized carbons (Fsp3) is 0.0577. The third kappa shape index (κ3) is 5.62. The Bertz CT molecular complexity index is 3060. The third-order valence-electron chi connectivity index (χ3n) is 11.6. The zero-order valence-corrected chi connectivity index (χ0v) is 32.5. The molecule has 57 heavy (non-hydrogen) atoms. The summed E-state index contributed by atoms with van der Waals surface area (Å²) in [6, 6.07) is 66.0. The molecule has 0 saturated carbocycles. The molecule has 4 nitrogen and oxygen atoms in total. The van der Waals surface area contributed by atoms with Crippen LogP contribution in [0.3, 0.4) is 0 Å². The minimum absolute atomic E-state index is 0.384. The van der Waals surface area contributed by atoms with E-state index >= 15 is 4.57 Å². The molecule has 1 aliphatic rings. The maximum absolute atomic E-state index is 15.2. The van der Waals surface area contributed by atoms with Gasteiger partial charge in [0.1, 0.15) is 11.5 Å². The van der Waals surface area contributed by atoms with Gasteiger partial charge in [-0.15, -0.1) is 0 Å². The van der Waals surface area contributed by atoms with Gasteiger partial charge >= 0.3 is 0 Å². The number of hydrogen-bond donors (Lipinski definition) is 0. The highest BCUT2D eigenvalue weighted by molar-refractivity contribution is 7.85. The van der Waals surface area contributed by atoms with Gasteiger partial charge in [0.15, 0.2) is 7.14 Å². The van der Waals surface area contributed by atoms with Crippen molar-refractivity contribution in [2.75, 3.05) is 0 Å². The Balaban J connectivity index is 1.05. The number of benzene rings is 8. The van der Waals surface area contributed by atoms with Gasteiger partial charge in [0.05, 0.1) is 22.7 Å². The zero-order chi connectivity index (χ0) is 38.7. The topological polar surface area (TPSA) is 55.0 Å². The molecule has 0 aliphatic carbocycles. The van der Waals surface area contributed by atoms with Crippen molar-refractivity contribution in [1.82, 2.24) is 4.57 Å². The van der Waals surface area contributed by atoms with Crippen LogP contribution in [0.1, 0.15) is 30.5 Å². The standard InChI is InChI=1S/C52H37N2O2P/c1-52(2)46-32-38(36-13-12-20-43(30-36)57(55,41-16-8-4-9-17-41)42-18-10-5-11-19-42)23-27-50(46)56-51-28-24-39(33-47(51)52)37-22-26-49-45(31-37)44-29-35(34-53)21-25-48(44)54(49)40-14-6-3-7-15-40/h3-33H,1-2H3. The molecule has 8 aromatic carbocycles. The Morgan fingerprint density at radius 3 is 1.60 bits per heavy atom. The number of aromatic nitrogens is 1. The lowest BCUT2D eigenvalue weighted by Crippen LogP contribution is -2.25. The van der Waals surface area contributed by atoms with Gasteiger partial charge in [-0.3, -0.25) is 0 Å². The van der Waals surface area contributed by atoms with Crippen LogP contribution in [0.25, 0.3) is 49.7 Å². The van der Waals surface area contributed by atoms with Crippen LogP contribution in [0, 0.1) is 11.3 Å². The molecular formula is C52H37N2O2P. The summed E-state index contributed by atoms with van der Waals surface area (Å²) < 4.78 is 24.1. The van der Waals surface area contributed by atoms with Crippen molar-refractivity contribution in [1.29, 1.82) is 5.26 Å².